The lowest BCUT2D eigenvalue weighted by Crippen LogP contribution is -3.10. The first kappa shape index (κ1) is 22.4. The average Bonchev–Trinajstić information content (AvgIpc) is 2.52. The van der Waals surface area contributed by atoms with Crippen LogP contribution in [0.4, 0.5) is 0 Å². The second-order valence-electron chi connectivity index (χ2n) is 6.86. The number of thioether (sulfide) groups is 2. The van der Waals surface area contributed by atoms with E-state index in [1.54, 1.807) is 9.80 Å². The van der Waals surface area contributed by atoms with Crippen molar-refractivity contribution >= 4 is 23.5 Å². The van der Waals surface area contributed by atoms with Gasteiger partial charge in [-0.15, -0.1) is 23.5 Å². The molecule has 0 aromatic carbocycles. The zero-order valence-electron chi connectivity index (χ0n) is 14.6. The molecule has 0 amide bonds. The molecule has 3 nitrogen and oxygen atoms in total. The monoisotopic (exact) mass is 409 g/mol. The second-order valence-corrected chi connectivity index (χ2v) is 9.50. The SMILES string of the molecule is C[NH+]1CCC(Sc2cccc(SC3CC[NH+](C)CC3)n2)CC1.[Cl-].[Cl-]. The van der Waals surface area contributed by atoms with Crippen LogP contribution in [0.25, 0.3) is 0 Å². The van der Waals surface area contributed by atoms with Crippen LogP contribution in [0.2, 0.25) is 0 Å². The minimum atomic E-state index is 0. The van der Waals surface area contributed by atoms with E-state index in [2.05, 4.69) is 32.3 Å². The van der Waals surface area contributed by atoms with Gasteiger partial charge in [0.1, 0.15) is 0 Å². The number of aromatic nitrogens is 1. The Morgan fingerprint density at radius 1 is 0.792 bits per heavy atom. The number of hydrogen-bond donors (Lipinski definition) is 2. The summed E-state index contributed by atoms with van der Waals surface area (Å²) in [7, 11) is 4.61. The topological polar surface area (TPSA) is 21.8 Å². The van der Waals surface area contributed by atoms with Crippen molar-refractivity contribution in [3.8, 4) is 0 Å². The molecule has 3 rings (SSSR count). The first-order valence-electron chi connectivity index (χ1n) is 8.62. The number of piperidine rings is 2. The van der Waals surface area contributed by atoms with Gasteiger partial charge >= 0.3 is 0 Å². The van der Waals surface area contributed by atoms with Crippen molar-refractivity contribution in [1.29, 1.82) is 0 Å². The highest BCUT2D eigenvalue weighted by molar-refractivity contribution is 8.00. The summed E-state index contributed by atoms with van der Waals surface area (Å²) in [6.07, 6.45) is 5.31. The number of rotatable bonds is 4. The minimum absolute atomic E-state index is 0. The number of nitrogens with zero attached hydrogens (tertiary/aromatic N) is 1. The van der Waals surface area contributed by atoms with Crippen molar-refractivity contribution in [2.75, 3.05) is 40.3 Å². The predicted octanol–water partition coefficient (Wildman–Crippen LogP) is -5.37. The molecule has 0 spiro atoms. The molecule has 0 unspecified atom stereocenters. The van der Waals surface area contributed by atoms with Crippen LogP contribution in [0, 0.1) is 0 Å². The molecule has 3 heterocycles. The van der Waals surface area contributed by atoms with Gasteiger partial charge < -0.3 is 34.6 Å². The van der Waals surface area contributed by atoms with E-state index in [0.29, 0.717) is 0 Å². The number of nitrogens with one attached hydrogen (secondary N) is 2. The molecule has 0 radical (unpaired) electrons. The molecule has 1 aromatic rings. The van der Waals surface area contributed by atoms with E-state index < -0.39 is 0 Å². The minimum Gasteiger partial charge on any atom is -1.00 e. The maximum atomic E-state index is 4.91. The average molecular weight is 410 g/mol. The molecule has 138 valence electrons. The Hall–Kier alpha value is 0.350. The van der Waals surface area contributed by atoms with Crippen molar-refractivity contribution in [2.45, 2.75) is 46.2 Å². The van der Waals surface area contributed by atoms with E-state index in [0.717, 1.165) is 10.5 Å². The fourth-order valence-electron chi connectivity index (χ4n) is 3.27. The maximum Gasteiger partial charge on any atom is 0.0976 e. The highest BCUT2D eigenvalue weighted by Gasteiger charge is 2.22. The zero-order valence-corrected chi connectivity index (χ0v) is 17.7. The molecule has 0 bridgehead atoms. The summed E-state index contributed by atoms with van der Waals surface area (Å²) in [5.74, 6) is 0. The lowest BCUT2D eigenvalue weighted by atomic mass is 10.1. The van der Waals surface area contributed by atoms with Crippen LogP contribution in [0.15, 0.2) is 28.3 Å². The van der Waals surface area contributed by atoms with E-state index in [9.17, 15) is 0 Å². The van der Waals surface area contributed by atoms with E-state index in [4.69, 9.17) is 4.98 Å². The molecule has 24 heavy (non-hydrogen) atoms. The second kappa shape index (κ2) is 11.1. The number of halogens is 2. The molecule has 0 atom stereocenters. The van der Waals surface area contributed by atoms with E-state index >= 15 is 0 Å². The largest absolute Gasteiger partial charge is 1.00 e. The van der Waals surface area contributed by atoms with Crippen LogP contribution in [-0.4, -0.2) is 55.8 Å². The van der Waals surface area contributed by atoms with Gasteiger partial charge in [0.15, 0.2) is 0 Å². The van der Waals surface area contributed by atoms with Gasteiger partial charge in [0.25, 0.3) is 0 Å². The van der Waals surface area contributed by atoms with Gasteiger partial charge in [-0.2, -0.15) is 0 Å². The summed E-state index contributed by atoms with van der Waals surface area (Å²) >= 11 is 4.00. The van der Waals surface area contributed by atoms with Gasteiger partial charge in [-0.1, -0.05) is 6.07 Å². The first-order chi connectivity index (χ1) is 10.7. The van der Waals surface area contributed by atoms with Gasteiger partial charge in [-0.3, -0.25) is 0 Å². The normalized spacial score (nSPS) is 30.1. The Kier molecular flexibility index (Phi) is 10.4. The Balaban J connectivity index is 0.00000144. The Bertz CT molecular complexity index is 437. The molecule has 2 aliphatic rings. The summed E-state index contributed by atoms with van der Waals surface area (Å²) in [6.45, 7) is 5.24. The fraction of sp³-hybridized carbons (Fsp3) is 0.706. The van der Waals surface area contributed by atoms with Crippen LogP contribution in [0.5, 0.6) is 0 Å². The number of quaternary nitrogens is 2. The van der Waals surface area contributed by atoms with Crippen LogP contribution < -0.4 is 34.6 Å². The molecular formula is C17H29Cl2N3S2. The summed E-state index contributed by atoms with van der Waals surface area (Å²) in [6, 6.07) is 6.58. The Morgan fingerprint density at radius 2 is 1.17 bits per heavy atom. The number of likely N-dealkylation sites (tertiary alicyclic amines) is 2. The third-order valence-corrected chi connectivity index (χ3v) is 7.39. The molecule has 2 N–H and O–H groups in total. The molecular weight excluding hydrogens is 381 g/mol. The van der Waals surface area contributed by atoms with E-state index in [1.807, 2.05) is 23.5 Å². The molecule has 1 aromatic heterocycles. The van der Waals surface area contributed by atoms with Gasteiger partial charge in [0, 0.05) is 36.2 Å². The highest BCUT2D eigenvalue weighted by Crippen LogP contribution is 2.31. The van der Waals surface area contributed by atoms with Gasteiger partial charge in [0.2, 0.25) is 0 Å². The molecule has 7 heteroatoms. The lowest BCUT2D eigenvalue weighted by molar-refractivity contribution is -0.884. The van der Waals surface area contributed by atoms with Crippen LogP contribution >= 0.6 is 23.5 Å². The predicted molar refractivity (Wildman–Crippen MR) is 95.2 cm³/mol. The van der Waals surface area contributed by atoms with Crippen LogP contribution in [0.3, 0.4) is 0 Å². The Labute approximate surface area is 167 Å². The molecule has 0 aliphatic carbocycles. The Morgan fingerprint density at radius 3 is 1.54 bits per heavy atom. The molecule has 2 saturated heterocycles. The first-order valence-corrected chi connectivity index (χ1v) is 10.4. The van der Waals surface area contributed by atoms with Gasteiger partial charge in [0.05, 0.1) is 50.3 Å². The van der Waals surface area contributed by atoms with Gasteiger partial charge in [-0.25, -0.2) is 4.98 Å². The third-order valence-electron chi connectivity index (χ3n) is 4.85. The zero-order chi connectivity index (χ0) is 15.4. The van der Waals surface area contributed by atoms with Crippen LogP contribution in [0.1, 0.15) is 25.7 Å². The summed E-state index contributed by atoms with van der Waals surface area (Å²) < 4.78 is 0. The highest BCUT2D eigenvalue weighted by atomic mass is 35.5. The molecule has 2 aliphatic heterocycles. The van der Waals surface area contributed by atoms with Crippen molar-refractivity contribution in [2.24, 2.45) is 0 Å². The number of hydrogen-bond acceptors (Lipinski definition) is 3. The van der Waals surface area contributed by atoms with E-state index in [-0.39, 0.29) is 24.8 Å². The molecule has 2 fully saturated rings. The van der Waals surface area contributed by atoms with Gasteiger partial charge in [-0.05, 0) is 12.1 Å². The smallest absolute Gasteiger partial charge is 0.0976 e. The van der Waals surface area contributed by atoms with Crippen molar-refractivity contribution < 1.29 is 34.6 Å². The van der Waals surface area contributed by atoms with Crippen LogP contribution in [-0.2, 0) is 0 Å². The summed E-state index contributed by atoms with van der Waals surface area (Å²) in [5, 5.41) is 3.99. The van der Waals surface area contributed by atoms with Crippen molar-refractivity contribution in [3.63, 3.8) is 0 Å². The van der Waals surface area contributed by atoms with Crippen molar-refractivity contribution in [1.82, 2.24) is 4.98 Å². The molecule has 0 saturated carbocycles. The summed E-state index contributed by atoms with van der Waals surface area (Å²) in [4.78, 5) is 8.27. The number of pyridine rings is 1. The summed E-state index contributed by atoms with van der Waals surface area (Å²) in [5.41, 5.74) is 0. The van der Waals surface area contributed by atoms with E-state index in [1.165, 1.54) is 61.9 Å². The maximum absolute atomic E-state index is 4.91. The standard InChI is InChI=1S/C17H27N3S2.2ClH/c1-19-10-6-14(7-11-19)21-16-4-3-5-17(18-16)22-15-8-12-20(2)13-9-15;;/h3-5,14-15H,6-13H2,1-2H3;2*1H. The lowest BCUT2D eigenvalue weighted by Gasteiger charge is -2.26. The van der Waals surface area contributed by atoms with Crippen molar-refractivity contribution in [3.05, 3.63) is 18.2 Å². The quantitative estimate of drug-likeness (QED) is 0.518. The third kappa shape index (κ3) is 6.93. The fourth-order valence-corrected chi connectivity index (χ4v) is 5.57.